The van der Waals surface area contributed by atoms with Gasteiger partial charge in [0, 0.05) is 11.3 Å². The Labute approximate surface area is 133 Å². The molecule has 0 aliphatic rings. The Morgan fingerprint density at radius 1 is 1.30 bits per heavy atom. The van der Waals surface area contributed by atoms with Crippen LogP contribution in [0.25, 0.3) is 0 Å². The fourth-order valence-corrected chi connectivity index (χ4v) is 2.46. The molecule has 0 spiro atoms. The molecule has 0 bridgehead atoms. The highest BCUT2D eigenvalue weighted by molar-refractivity contribution is 5.77. The first-order valence-electron chi connectivity index (χ1n) is 7.50. The highest BCUT2D eigenvalue weighted by Gasteiger charge is 2.31. The maximum absolute atomic E-state index is 12.5. The van der Waals surface area contributed by atoms with Gasteiger partial charge in [-0.05, 0) is 26.7 Å². The largest absolute Gasteiger partial charge is 0.408 e. The summed E-state index contributed by atoms with van der Waals surface area (Å²) in [6.45, 7) is 7.29. The monoisotopic (exact) mass is 335 g/mol. The Balaban J connectivity index is 2.84. The molecule has 0 aromatic carbocycles. The molecule has 0 saturated carbocycles. The molecule has 0 radical (unpaired) electrons. The fraction of sp³-hybridized carbons (Fsp3) is 0.733. The van der Waals surface area contributed by atoms with E-state index in [-0.39, 0.29) is 18.2 Å². The van der Waals surface area contributed by atoms with Crippen molar-refractivity contribution in [3.63, 3.8) is 0 Å². The molecule has 0 aliphatic heterocycles. The summed E-state index contributed by atoms with van der Waals surface area (Å²) in [5, 5.41) is 16.3. The van der Waals surface area contributed by atoms with Gasteiger partial charge in [-0.1, -0.05) is 13.8 Å². The van der Waals surface area contributed by atoms with Gasteiger partial charge < -0.3 is 10.4 Å². The van der Waals surface area contributed by atoms with Crippen molar-refractivity contribution in [3.8, 4) is 0 Å². The predicted molar refractivity (Wildman–Crippen MR) is 79.8 cm³/mol. The lowest BCUT2D eigenvalue weighted by Gasteiger charge is -2.18. The number of aromatic nitrogens is 2. The van der Waals surface area contributed by atoms with Crippen LogP contribution in [0.1, 0.15) is 50.2 Å². The van der Waals surface area contributed by atoms with Gasteiger partial charge in [0.15, 0.2) is 0 Å². The minimum absolute atomic E-state index is 0.0449. The maximum Gasteiger partial charge on any atom is 0.408 e. The average molecular weight is 335 g/mol. The van der Waals surface area contributed by atoms with Crippen LogP contribution in [0.5, 0.6) is 0 Å². The normalized spacial score (nSPS) is 14.9. The molecule has 2 N–H and O–H groups in total. The molecule has 0 fully saturated rings. The zero-order valence-corrected chi connectivity index (χ0v) is 14.0. The third-order valence-corrected chi connectivity index (χ3v) is 3.74. The number of carbonyl (C=O) groups excluding carboxylic acids is 1. The molecular formula is C15H24F3N3O2. The Morgan fingerprint density at radius 2 is 1.87 bits per heavy atom. The summed E-state index contributed by atoms with van der Waals surface area (Å²) in [6.07, 6.45) is -5.15. The number of nitrogens with zero attached hydrogens (tertiary/aromatic N) is 2. The number of aliphatic hydroxyl groups is 1. The van der Waals surface area contributed by atoms with Gasteiger partial charge in [-0.25, -0.2) is 0 Å². The molecule has 8 heteroatoms. The lowest BCUT2D eigenvalue weighted by Crippen LogP contribution is -2.32. The minimum atomic E-state index is -4.35. The van der Waals surface area contributed by atoms with Crippen molar-refractivity contribution in [2.45, 2.75) is 65.9 Å². The number of hydrogen-bond acceptors (Lipinski definition) is 3. The molecule has 2 atom stereocenters. The molecule has 132 valence electrons. The molecule has 1 heterocycles. The zero-order valence-electron chi connectivity index (χ0n) is 14.0. The first kappa shape index (κ1) is 19.5. The van der Waals surface area contributed by atoms with Crippen LogP contribution in [0.3, 0.4) is 0 Å². The van der Waals surface area contributed by atoms with E-state index in [0.717, 1.165) is 4.68 Å². The highest BCUT2D eigenvalue weighted by atomic mass is 19.4. The van der Waals surface area contributed by atoms with E-state index in [9.17, 15) is 23.1 Å². The van der Waals surface area contributed by atoms with Crippen molar-refractivity contribution in [3.05, 3.63) is 17.0 Å². The molecular weight excluding hydrogens is 311 g/mol. The summed E-state index contributed by atoms with van der Waals surface area (Å²) in [5.74, 6) is -0.393. The fourth-order valence-electron chi connectivity index (χ4n) is 2.46. The van der Waals surface area contributed by atoms with Crippen molar-refractivity contribution in [1.29, 1.82) is 0 Å². The number of alkyl halides is 3. The van der Waals surface area contributed by atoms with Crippen LogP contribution in [0.2, 0.25) is 0 Å². The summed E-state index contributed by atoms with van der Waals surface area (Å²) in [5.41, 5.74) is 1.39. The number of carbonyl (C=O) groups is 1. The van der Waals surface area contributed by atoms with Crippen LogP contribution in [-0.2, 0) is 11.3 Å². The van der Waals surface area contributed by atoms with Crippen molar-refractivity contribution < 1.29 is 23.1 Å². The van der Waals surface area contributed by atoms with Gasteiger partial charge in [0.2, 0.25) is 5.91 Å². The van der Waals surface area contributed by atoms with Crippen molar-refractivity contribution in [1.82, 2.24) is 15.1 Å². The van der Waals surface area contributed by atoms with Crippen LogP contribution in [0.4, 0.5) is 13.2 Å². The molecule has 2 unspecified atom stereocenters. The number of hydrogen-bond donors (Lipinski definition) is 2. The number of aryl methyl sites for hydroxylation is 1. The Morgan fingerprint density at radius 3 is 2.35 bits per heavy atom. The number of aliphatic hydroxyl groups excluding tert-OH is 1. The summed E-state index contributed by atoms with van der Waals surface area (Å²) >= 11 is 0. The first-order valence-corrected chi connectivity index (χ1v) is 7.50. The van der Waals surface area contributed by atoms with Crippen molar-refractivity contribution in [2.24, 2.45) is 5.92 Å². The number of amides is 1. The SMILES string of the molecule is Cc1nn(CC(F)(F)F)c(C)c1C(C)NC(=O)CC(O)C(C)C. The first-order chi connectivity index (χ1) is 10.4. The highest BCUT2D eigenvalue weighted by Crippen LogP contribution is 2.25. The molecule has 1 amide bonds. The van der Waals surface area contributed by atoms with E-state index in [0.29, 0.717) is 17.0 Å². The summed E-state index contributed by atoms with van der Waals surface area (Å²) in [7, 11) is 0. The van der Waals surface area contributed by atoms with E-state index in [1.165, 1.54) is 0 Å². The standard InChI is InChI=1S/C15H24F3N3O2/c1-8(2)12(22)6-13(23)19-9(3)14-10(4)20-21(11(14)5)7-15(16,17)18/h8-9,12,22H,6-7H2,1-5H3,(H,19,23). The smallest absolute Gasteiger partial charge is 0.392 e. The molecule has 0 saturated heterocycles. The topological polar surface area (TPSA) is 67.2 Å². The second-order valence-corrected chi connectivity index (χ2v) is 6.16. The van der Waals surface area contributed by atoms with Gasteiger partial charge in [0.1, 0.15) is 6.54 Å². The summed E-state index contributed by atoms with van der Waals surface area (Å²) in [4.78, 5) is 11.9. The Bertz CT molecular complexity index is 553. The van der Waals surface area contributed by atoms with Gasteiger partial charge >= 0.3 is 6.18 Å². The predicted octanol–water partition coefficient (Wildman–Crippen LogP) is 2.65. The van der Waals surface area contributed by atoms with E-state index >= 15 is 0 Å². The minimum Gasteiger partial charge on any atom is -0.392 e. The van der Waals surface area contributed by atoms with Gasteiger partial charge in [-0.15, -0.1) is 0 Å². The average Bonchev–Trinajstić information content (AvgIpc) is 2.61. The van der Waals surface area contributed by atoms with Gasteiger partial charge in [-0.2, -0.15) is 18.3 Å². The summed E-state index contributed by atoms with van der Waals surface area (Å²) < 4.78 is 38.5. The Hall–Kier alpha value is -1.57. The second kappa shape index (κ2) is 7.33. The number of rotatable bonds is 6. The molecule has 1 aromatic heterocycles. The van der Waals surface area contributed by atoms with Gasteiger partial charge in [-0.3, -0.25) is 9.48 Å². The number of halogens is 3. The van der Waals surface area contributed by atoms with Crippen LogP contribution in [-0.4, -0.2) is 33.1 Å². The molecule has 1 rings (SSSR count). The van der Waals surface area contributed by atoms with E-state index in [4.69, 9.17) is 0 Å². The van der Waals surface area contributed by atoms with Crippen LogP contribution >= 0.6 is 0 Å². The lowest BCUT2D eigenvalue weighted by molar-refractivity contribution is -0.143. The molecule has 1 aromatic rings. The lowest BCUT2D eigenvalue weighted by atomic mass is 10.0. The quantitative estimate of drug-likeness (QED) is 0.840. The van der Waals surface area contributed by atoms with Crippen LogP contribution in [0, 0.1) is 19.8 Å². The van der Waals surface area contributed by atoms with Crippen LogP contribution in [0.15, 0.2) is 0 Å². The third-order valence-electron chi connectivity index (χ3n) is 3.74. The zero-order chi connectivity index (χ0) is 17.9. The van der Waals surface area contributed by atoms with Crippen LogP contribution < -0.4 is 5.32 Å². The Kier molecular flexibility index (Phi) is 6.21. The van der Waals surface area contributed by atoms with E-state index < -0.39 is 24.9 Å². The number of nitrogens with one attached hydrogen (secondary N) is 1. The summed E-state index contributed by atoms with van der Waals surface area (Å²) in [6, 6.07) is -0.483. The third kappa shape index (κ3) is 5.53. The van der Waals surface area contributed by atoms with Crippen molar-refractivity contribution >= 4 is 5.91 Å². The molecule has 5 nitrogen and oxygen atoms in total. The second-order valence-electron chi connectivity index (χ2n) is 6.16. The van der Waals surface area contributed by atoms with E-state index in [1.807, 2.05) is 0 Å². The van der Waals surface area contributed by atoms with E-state index in [1.54, 1.807) is 34.6 Å². The molecule has 23 heavy (non-hydrogen) atoms. The van der Waals surface area contributed by atoms with E-state index in [2.05, 4.69) is 10.4 Å². The molecule has 0 aliphatic carbocycles. The van der Waals surface area contributed by atoms with Gasteiger partial charge in [0.25, 0.3) is 0 Å². The van der Waals surface area contributed by atoms with Crippen molar-refractivity contribution in [2.75, 3.05) is 0 Å². The van der Waals surface area contributed by atoms with Gasteiger partial charge in [0.05, 0.1) is 24.3 Å². The maximum atomic E-state index is 12.5.